The van der Waals surface area contributed by atoms with Crippen LogP contribution in [0.5, 0.6) is 0 Å². The number of esters is 2. The van der Waals surface area contributed by atoms with Crippen molar-refractivity contribution in [2.45, 2.75) is 83.4 Å². The van der Waals surface area contributed by atoms with E-state index in [4.69, 9.17) is 9.47 Å². The first kappa shape index (κ1) is 40.1. The van der Waals surface area contributed by atoms with E-state index in [0.29, 0.717) is 30.5 Å². The van der Waals surface area contributed by atoms with Crippen molar-refractivity contribution >= 4 is 23.7 Å². The second-order valence-electron chi connectivity index (χ2n) is 13.6. The number of methoxy groups -OCH3 is 1. The first-order chi connectivity index (χ1) is 23.2. The Labute approximate surface area is 294 Å². The molecule has 49 heavy (non-hydrogen) atoms. The standard InChI is InChI=1S/C40H51F3O5S/c1-6-29(2)22-32(31-16-10-7-11-17-31)24-39(33-18-12-8-13-19-33,34-20-14-9-15-21-34)27-38(4,37(46)47-5)23-30(3)36(45)48-25-35(44)26-49-28-40(41,42)43/h7-21,29-30,32,35,44H,6,22-28H2,1-5H3. The van der Waals surface area contributed by atoms with E-state index in [9.17, 15) is 27.9 Å². The minimum Gasteiger partial charge on any atom is -0.469 e. The van der Waals surface area contributed by atoms with Crippen LogP contribution >= 0.6 is 11.8 Å². The Balaban J connectivity index is 2.03. The van der Waals surface area contributed by atoms with Crippen LogP contribution in [-0.2, 0) is 24.5 Å². The highest BCUT2D eigenvalue weighted by atomic mass is 32.2. The Morgan fingerprint density at radius 2 is 1.39 bits per heavy atom. The van der Waals surface area contributed by atoms with Gasteiger partial charge in [0.1, 0.15) is 6.61 Å². The number of ether oxygens (including phenoxy) is 2. The number of aliphatic hydroxyl groups excluding tert-OH is 1. The summed E-state index contributed by atoms with van der Waals surface area (Å²) in [5, 5.41) is 10.2. The van der Waals surface area contributed by atoms with Gasteiger partial charge in [-0.1, -0.05) is 118 Å². The molecule has 5 nitrogen and oxygen atoms in total. The third-order valence-corrected chi connectivity index (χ3v) is 10.6. The zero-order valence-corrected chi connectivity index (χ0v) is 30.1. The van der Waals surface area contributed by atoms with Crippen LogP contribution in [0.15, 0.2) is 91.0 Å². The smallest absolute Gasteiger partial charge is 0.397 e. The molecule has 0 radical (unpaired) electrons. The SMILES string of the molecule is CCC(C)CC(CC(CC(C)(CC(C)C(=O)OCC(O)CSCC(F)(F)F)C(=O)OC)(c1ccccc1)c1ccccc1)c1ccccc1. The second-order valence-corrected chi connectivity index (χ2v) is 14.7. The fraction of sp³-hybridized carbons (Fsp3) is 0.500. The normalized spacial score (nSPS) is 15.8. The van der Waals surface area contributed by atoms with Crippen LogP contribution in [0.4, 0.5) is 13.2 Å². The number of carbonyl (C=O) groups excluding carboxylic acids is 2. The molecule has 0 saturated heterocycles. The maximum atomic E-state index is 13.9. The summed E-state index contributed by atoms with van der Waals surface area (Å²) in [6.07, 6.45) is -2.50. The number of alkyl halides is 3. The van der Waals surface area contributed by atoms with Crippen LogP contribution in [-0.4, -0.2) is 54.5 Å². The van der Waals surface area contributed by atoms with Crippen molar-refractivity contribution in [3.8, 4) is 0 Å². The van der Waals surface area contributed by atoms with Gasteiger partial charge in [-0.05, 0) is 61.1 Å². The predicted octanol–water partition coefficient (Wildman–Crippen LogP) is 9.38. The van der Waals surface area contributed by atoms with E-state index in [2.05, 4.69) is 62.4 Å². The Bertz CT molecular complexity index is 1380. The first-order valence-corrected chi connectivity index (χ1v) is 18.1. The summed E-state index contributed by atoms with van der Waals surface area (Å²) < 4.78 is 48.3. The molecule has 9 heteroatoms. The summed E-state index contributed by atoms with van der Waals surface area (Å²) in [7, 11) is 1.35. The van der Waals surface area contributed by atoms with Gasteiger partial charge in [0, 0.05) is 11.2 Å². The van der Waals surface area contributed by atoms with Gasteiger partial charge in [-0.25, -0.2) is 0 Å². The van der Waals surface area contributed by atoms with Gasteiger partial charge < -0.3 is 14.6 Å². The maximum Gasteiger partial charge on any atom is 0.397 e. The number of rotatable bonds is 19. The third kappa shape index (κ3) is 11.9. The average Bonchev–Trinajstić information content (AvgIpc) is 3.09. The molecule has 0 fully saturated rings. The van der Waals surface area contributed by atoms with E-state index >= 15 is 0 Å². The lowest BCUT2D eigenvalue weighted by Crippen LogP contribution is -2.42. The lowest BCUT2D eigenvalue weighted by Gasteiger charge is -2.44. The van der Waals surface area contributed by atoms with Gasteiger partial charge in [-0.2, -0.15) is 13.2 Å². The molecule has 0 heterocycles. The highest BCUT2D eigenvalue weighted by Crippen LogP contribution is 2.51. The number of hydrogen-bond donors (Lipinski definition) is 1. The summed E-state index contributed by atoms with van der Waals surface area (Å²) in [4.78, 5) is 27.1. The summed E-state index contributed by atoms with van der Waals surface area (Å²) in [5.74, 6) is -2.58. The van der Waals surface area contributed by atoms with Crippen LogP contribution in [0.2, 0.25) is 0 Å². The molecule has 0 spiro atoms. The molecule has 0 aromatic heterocycles. The number of benzene rings is 3. The lowest BCUT2D eigenvalue weighted by molar-refractivity contribution is -0.158. The number of carbonyl (C=O) groups is 2. The highest BCUT2D eigenvalue weighted by molar-refractivity contribution is 7.99. The number of halogens is 3. The zero-order chi connectivity index (χ0) is 36.1. The zero-order valence-electron chi connectivity index (χ0n) is 29.2. The molecule has 3 aromatic carbocycles. The topological polar surface area (TPSA) is 72.8 Å². The van der Waals surface area contributed by atoms with Crippen molar-refractivity contribution < 1.29 is 37.3 Å². The molecule has 0 aliphatic rings. The second kappa shape index (κ2) is 18.6. The molecule has 3 aromatic rings. The van der Waals surface area contributed by atoms with E-state index in [1.165, 1.54) is 12.7 Å². The van der Waals surface area contributed by atoms with E-state index in [-0.39, 0.29) is 18.1 Å². The van der Waals surface area contributed by atoms with Crippen molar-refractivity contribution in [3.05, 3.63) is 108 Å². The predicted molar refractivity (Wildman–Crippen MR) is 190 cm³/mol. The monoisotopic (exact) mass is 700 g/mol. The number of aliphatic hydroxyl groups is 1. The molecule has 5 unspecified atom stereocenters. The molecule has 0 bridgehead atoms. The lowest BCUT2D eigenvalue weighted by atomic mass is 9.59. The molecule has 5 atom stereocenters. The van der Waals surface area contributed by atoms with E-state index in [1.807, 2.05) is 49.4 Å². The van der Waals surface area contributed by atoms with Crippen molar-refractivity contribution in [2.75, 3.05) is 25.2 Å². The van der Waals surface area contributed by atoms with Crippen molar-refractivity contribution in [1.29, 1.82) is 0 Å². The van der Waals surface area contributed by atoms with Gasteiger partial charge in [0.15, 0.2) is 0 Å². The molecule has 1 N–H and O–H groups in total. The summed E-state index contributed by atoms with van der Waals surface area (Å²) in [5.41, 5.74) is 1.50. The van der Waals surface area contributed by atoms with E-state index in [1.54, 1.807) is 6.92 Å². The Morgan fingerprint density at radius 1 is 0.857 bits per heavy atom. The van der Waals surface area contributed by atoms with Crippen molar-refractivity contribution in [1.82, 2.24) is 0 Å². The van der Waals surface area contributed by atoms with Crippen LogP contribution < -0.4 is 0 Å². The van der Waals surface area contributed by atoms with Gasteiger partial charge in [0.2, 0.25) is 0 Å². The van der Waals surface area contributed by atoms with Crippen LogP contribution in [0.25, 0.3) is 0 Å². The Morgan fingerprint density at radius 3 is 1.88 bits per heavy atom. The largest absolute Gasteiger partial charge is 0.469 e. The molecule has 0 aliphatic carbocycles. The molecule has 3 rings (SSSR count). The minimum atomic E-state index is -4.35. The van der Waals surface area contributed by atoms with Gasteiger partial charge in [-0.3, -0.25) is 9.59 Å². The highest BCUT2D eigenvalue weighted by Gasteiger charge is 2.48. The van der Waals surface area contributed by atoms with Crippen LogP contribution in [0.3, 0.4) is 0 Å². The third-order valence-electron chi connectivity index (χ3n) is 9.43. The van der Waals surface area contributed by atoms with Crippen molar-refractivity contribution in [3.63, 3.8) is 0 Å². The maximum absolute atomic E-state index is 13.9. The fourth-order valence-corrected chi connectivity index (χ4v) is 7.62. The number of thioether (sulfide) groups is 1. The molecule has 0 amide bonds. The Hall–Kier alpha value is -3.30. The molecular weight excluding hydrogens is 649 g/mol. The molecule has 268 valence electrons. The molecule has 0 saturated carbocycles. The molecule has 0 aliphatic heterocycles. The fourth-order valence-electron chi connectivity index (χ4n) is 6.91. The van der Waals surface area contributed by atoms with E-state index in [0.717, 1.165) is 24.0 Å². The molecular formula is C40H51F3O5S. The summed E-state index contributed by atoms with van der Waals surface area (Å²) >= 11 is 0.528. The van der Waals surface area contributed by atoms with Gasteiger partial charge >= 0.3 is 18.1 Å². The average molecular weight is 701 g/mol. The van der Waals surface area contributed by atoms with Crippen LogP contribution in [0, 0.1) is 17.3 Å². The summed E-state index contributed by atoms with van der Waals surface area (Å²) in [6.45, 7) is 7.52. The van der Waals surface area contributed by atoms with Gasteiger partial charge in [0.05, 0.1) is 30.3 Å². The Kier molecular flexibility index (Phi) is 15.3. The van der Waals surface area contributed by atoms with Crippen molar-refractivity contribution in [2.24, 2.45) is 17.3 Å². The van der Waals surface area contributed by atoms with Crippen LogP contribution in [0.1, 0.15) is 82.4 Å². The quantitative estimate of drug-likeness (QED) is 0.126. The summed E-state index contributed by atoms with van der Waals surface area (Å²) in [6, 6.07) is 30.9. The van der Waals surface area contributed by atoms with Gasteiger partial charge in [-0.15, -0.1) is 11.8 Å². The van der Waals surface area contributed by atoms with E-state index < -0.39 is 53.3 Å². The number of hydrogen-bond acceptors (Lipinski definition) is 6. The minimum absolute atomic E-state index is 0.0974. The van der Waals surface area contributed by atoms with Gasteiger partial charge in [0.25, 0.3) is 0 Å². The first-order valence-electron chi connectivity index (χ1n) is 17.0.